The van der Waals surface area contributed by atoms with Crippen LogP contribution in [0.4, 0.5) is 5.13 Å². The normalized spacial score (nSPS) is 11.2. The zero-order chi connectivity index (χ0) is 16.0. The molecule has 0 saturated heterocycles. The number of rotatable bonds is 8. The van der Waals surface area contributed by atoms with Gasteiger partial charge >= 0.3 is 5.97 Å². The summed E-state index contributed by atoms with van der Waals surface area (Å²) in [7, 11) is -3.08. The van der Waals surface area contributed by atoms with Crippen molar-refractivity contribution in [3.8, 4) is 0 Å². The number of aromatic nitrogens is 1. The largest absolute Gasteiger partial charge is 0.461 e. The molecule has 21 heavy (non-hydrogen) atoms. The number of esters is 1. The topological polar surface area (TPSA) is 102 Å². The van der Waals surface area contributed by atoms with Crippen LogP contribution in [-0.2, 0) is 14.6 Å². The number of hydrogen-bond acceptors (Lipinski definition) is 8. The molecule has 0 saturated carbocycles. The minimum Gasteiger partial charge on any atom is -0.461 e. The van der Waals surface area contributed by atoms with Crippen LogP contribution in [0.1, 0.15) is 40.9 Å². The molecule has 0 aliphatic rings. The Kier molecular flexibility index (Phi) is 6.28. The van der Waals surface area contributed by atoms with E-state index in [1.807, 2.05) is 0 Å². The molecule has 1 heterocycles. The highest BCUT2D eigenvalue weighted by molar-refractivity contribution is 7.91. The van der Waals surface area contributed by atoms with E-state index in [9.17, 15) is 18.0 Å². The lowest BCUT2D eigenvalue weighted by Gasteiger charge is -2.02. The molecular formula is C12H18N2O5S2. The Morgan fingerprint density at radius 2 is 2.00 bits per heavy atom. The first-order valence-electron chi connectivity index (χ1n) is 6.43. The van der Waals surface area contributed by atoms with Crippen molar-refractivity contribution in [2.24, 2.45) is 0 Å². The number of nitrogens with one attached hydrogen (secondary N) is 1. The van der Waals surface area contributed by atoms with Gasteiger partial charge in [-0.25, -0.2) is 18.2 Å². The quantitative estimate of drug-likeness (QED) is 0.565. The van der Waals surface area contributed by atoms with Gasteiger partial charge in [0.2, 0.25) is 0 Å². The molecule has 1 N–H and O–H groups in total. The predicted molar refractivity (Wildman–Crippen MR) is 80.9 cm³/mol. The summed E-state index contributed by atoms with van der Waals surface area (Å²) < 4.78 is 27.6. The van der Waals surface area contributed by atoms with E-state index in [1.165, 1.54) is 6.92 Å². The molecule has 118 valence electrons. The van der Waals surface area contributed by atoms with Crippen LogP contribution in [0.3, 0.4) is 0 Å². The highest BCUT2D eigenvalue weighted by atomic mass is 32.2. The molecule has 0 bridgehead atoms. The molecule has 0 aliphatic carbocycles. The minimum atomic E-state index is -3.08. The van der Waals surface area contributed by atoms with Crippen LogP contribution in [0.15, 0.2) is 0 Å². The van der Waals surface area contributed by atoms with Crippen LogP contribution in [0, 0.1) is 0 Å². The average molecular weight is 334 g/mol. The maximum atomic E-state index is 11.7. The number of ether oxygens (including phenoxy) is 1. The first-order valence-corrected chi connectivity index (χ1v) is 9.07. The SMILES string of the molecule is CCOC(=O)c1nc(NCCS(=O)(=O)CC)sc1C(C)=O. The van der Waals surface area contributed by atoms with Gasteiger partial charge in [-0.05, 0) is 6.92 Å². The van der Waals surface area contributed by atoms with E-state index in [0.29, 0.717) is 5.13 Å². The summed E-state index contributed by atoms with van der Waals surface area (Å²) in [6, 6.07) is 0. The average Bonchev–Trinajstić information content (AvgIpc) is 2.83. The number of hydrogen-bond donors (Lipinski definition) is 1. The summed E-state index contributed by atoms with van der Waals surface area (Å²) in [6.07, 6.45) is 0. The number of sulfone groups is 1. The fourth-order valence-electron chi connectivity index (χ4n) is 1.43. The highest BCUT2D eigenvalue weighted by Gasteiger charge is 2.22. The summed E-state index contributed by atoms with van der Waals surface area (Å²) >= 11 is 1.01. The van der Waals surface area contributed by atoms with E-state index in [0.717, 1.165) is 11.3 Å². The molecule has 7 nitrogen and oxygen atoms in total. The lowest BCUT2D eigenvalue weighted by atomic mass is 10.3. The van der Waals surface area contributed by atoms with E-state index < -0.39 is 15.8 Å². The van der Waals surface area contributed by atoms with Crippen molar-refractivity contribution < 1.29 is 22.7 Å². The Labute approximate surface area is 127 Å². The molecule has 1 aromatic heterocycles. The zero-order valence-electron chi connectivity index (χ0n) is 12.1. The molecule has 0 unspecified atom stereocenters. The third-order valence-electron chi connectivity index (χ3n) is 2.54. The lowest BCUT2D eigenvalue weighted by Crippen LogP contribution is -2.17. The summed E-state index contributed by atoms with van der Waals surface area (Å²) in [5, 5.41) is 3.14. The fraction of sp³-hybridized carbons (Fsp3) is 0.583. The van der Waals surface area contributed by atoms with Crippen LogP contribution in [0.5, 0.6) is 0 Å². The number of carbonyl (C=O) groups is 2. The Morgan fingerprint density at radius 1 is 1.33 bits per heavy atom. The number of carbonyl (C=O) groups excluding carboxylic acids is 2. The van der Waals surface area contributed by atoms with Crippen LogP contribution in [-0.4, -0.2) is 49.8 Å². The van der Waals surface area contributed by atoms with E-state index in [4.69, 9.17) is 4.74 Å². The van der Waals surface area contributed by atoms with Gasteiger partial charge in [-0.15, -0.1) is 0 Å². The van der Waals surface area contributed by atoms with Gasteiger partial charge in [0, 0.05) is 19.2 Å². The highest BCUT2D eigenvalue weighted by Crippen LogP contribution is 2.24. The van der Waals surface area contributed by atoms with E-state index in [-0.39, 0.29) is 41.0 Å². The predicted octanol–water partition coefficient (Wildman–Crippen LogP) is 1.37. The second kappa shape index (κ2) is 7.51. The standard InChI is InChI=1S/C12H18N2O5S2/c1-4-19-11(16)9-10(8(3)15)20-12(14-9)13-6-7-21(17,18)5-2/h4-7H2,1-3H3,(H,13,14). The fourth-order valence-corrected chi connectivity index (χ4v) is 3.01. The van der Waals surface area contributed by atoms with E-state index in [2.05, 4.69) is 10.3 Å². The second-order valence-corrected chi connectivity index (χ2v) is 7.61. The summed E-state index contributed by atoms with van der Waals surface area (Å²) in [5.41, 5.74) is -0.0322. The monoisotopic (exact) mass is 334 g/mol. The summed E-state index contributed by atoms with van der Waals surface area (Å²) in [6.45, 7) is 4.92. The summed E-state index contributed by atoms with van der Waals surface area (Å²) in [4.78, 5) is 27.4. The van der Waals surface area contributed by atoms with Gasteiger partial charge in [0.15, 0.2) is 26.4 Å². The molecule has 0 fully saturated rings. The number of ketones is 1. The molecule has 0 atom stereocenters. The molecule has 0 spiro atoms. The molecule has 0 radical (unpaired) electrons. The van der Waals surface area contributed by atoms with Gasteiger partial charge < -0.3 is 10.1 Å². The third kappa shape index (κ3) is 5.09. The first-order chi connectivity index (χ1) is 9.80. The Morgan fingerprint density at radius 3 is 2.52 bits per heavy atom. The van der Waals surface area contributed by atoms with Gasteiger partial charge in [-0.1, -0.05) is 18.3 Å². The van der Waals surface area contributed by atoms with Crippen LogP contribution >= 0.6 is 11.3 Å². The second-order valence-electron chi connectivity index (χ2n) is 4.14. The van der Waals surface area contributed by atoms with Gasteiger partial charge in [0.1, 0.15) is 4.88 Å². The molecule has 0 aromatic carbocycles. The van der Waals surface area contributed by atoms with Gasteiger partial charge in [-0.2, -0.15) is 0 Å². The van der Waals surface area contributed by atoms with E-state index in [1.54, 1.807) is 13.8 Å². The van der Waals surface area contributed by atoms with Crippen molar-refractivity contribution >= 4 is 38.1 Å². The molecule has 1 aromatic rings. The van der Waals surface area contributed by atoms with Crippen LogP contribution in [0.2, 0.25) is 0 Å². The van der Waals surface area contributed by atoms with Crippen molar-refractivity contribution in [3.05, 3.63) is 10.6 Å². The van der Waals surface area contributed by atoms with Crippen molar-refractivity contribution in [2.45, 2.75) is 20.8 Å². The number of nitrogens with zero attached hydrogens (tertiary/aromatic N) is 1. The van der Waals surface area contributed by atoms with E-state index >= 15 is 0 Å². The Balaban J connectivity index is 2.83. The van der Waals surface area contributed by atoms with Crippen LogP contribution < -0.4 is 5.32 Å². The zero-order valence-corrected chi connectivity index (χ0v) is 13.8. The first kappa shape index (κ1) is 17.6. The molecule has 9 heteroatoms. The minimum absolute atomic E-state index is 0.0322. The summed E-state index contributed by atoms with van der Waals surface area (Å²) in [5.74, 6) is -0.912. The van der Waals surface area contributed by atoms with Crippen LogP contribution in [0.25, 0.3) is 0 Å². The lowest BCUT2D eigenvalue weighted by molar-refractivity contribution is 0.0517. The smallest absolute Gasteiger partial charge is 0.358 e. The van der Waals surface area contributed by atoms with Crippen molar-refractivity contribution in [2.75, 3.05) is 30.0 Å². The molecule has 0 amide bonds. The van der Waals surface area contributed by atoms with Crippen molar-refractivity contribution in [3.63, 3.8) is 0 Å². The number of Topliss-reactive ketones (excluding diaryl/α,β-unsaturated/α-hetero) is 1. The molecule has 1 rings (SSSR count). The van der Waals surface area contributed by atoms with Crippen molar-refractivity contribution in [1.29, 1.82) is 0 Å². The van der Waals surface area contributed by atoms with Crippen molar-refractivity contribution in [1.82, 2.24) is 4.98 Å². The molecular weight excluding hydrogens is 316 g/mol. The Bertz CT molecular complexity index is 622. The maximum absolute atomic E-state index is 11.7. The Hall–Kier alpha value is -1.48. The molecule has 0 aliphatic heterocycles. The maximum Gasteiger partial charge on any atom is 0.358 e. The number of anilines is 1. The third-order valence-corrected chi connectivity index (χ3v) is 5.36. The van der Waals surface area contributed by atoms with Gasteiger partial charge in [0.25, 0.3) is 0 Å². The number of thiazole rings is 1. The van der Waals surface area contributed by atoms with Gasteiger partial charge in [-0.3, -0.25) is 4.79 Å². The van der Waals surface area contributed by atoms with Gasteiger partial charge in [0.05, 0.1) is 12.4 Å².